The van der Waals surface area contributed by atoms with Crippen molar-refractivity contribution >= 4 is 5.71 Å². The Labute approximate surface area is 79.8 Å². The third-order valence-corrected chi connectivity index (χ3v) is 1.95. The van der Waals surface area contributed by atoms with Crippen molar-refractivity contribution in [1.82, 2.24) is 0 Å². The van der Waals surface area contributed by atoms with E-state index in [1.54, 1.807) is 0 Å². The van der Waals surface area contributed by atoms with Crippen LogP contribution in [0.1, 0.15) is 26.3 Å². The summed E-state index contributed by atoms with van der Waals surface area (Å²) >= 11 is 0. The third kappa shape index (κ3) is 2.86. The second-order valence-electron chi connectivity index (χ2n) is 2.99. The van der Waals surface area contributed by atoms with Crippen LogP contribution in [-0.4, -0.2) is 5.71 Å². The predicted octanol–water partition coefficient (Wildman–Crippen LogP) is 3.42. The zero-order valence-corrected chi connectivity index (χ0v) is 8.41. The quantitative estimate of drug-likeness (QED) is 0.608. The maximum absolute atomic E-state index is 4.44. The molecule has 1 aromatic rings. The van der Waals surface area contributed by atoms with Crippen molar-refractivity contribution in [1.29, 1.82) is 0 Å². The minimum absolute atomic E-state index is 1.06. The number of hydrogen-bond donors (Lipinski definition) is 0. The van der Waals surface area contributed by atoms with E-state index < -0.39 is 0 Å². The van der Waals surface area contributed by atoms with Gasteiger partial charge in [0.05, 0.1) is 0 Å². The predicted molar refractivity (Wildman–Crippen MR) is 58.1 cm³/mol. The van der Waals surface area contributed by atoms with Crippen LogP contribution in [0.4, 0.5) is 0 Å². The van der Waals surface area contributed by atoms with Crippen molar-refractivity contribution in [3.05, 3.63) is 47.7 Å². The van der Waals surface area contributed by atoms with Gasteiger partial charge in [-0.05, 0) is 26.3 Å². The maximum Gasteiger partial charge on any atom is 0.0447 e. The molecule has 0 heterocycles. The van der Waals surface area contributed by atoms with Gasteiger partial charge in [-0.3, -0.25) is 4.99 Å². The molecule has 68 valence electrons. The number of aliphatic imine (C=N–C) groups is 1. The Kier molecular flexibility index (Phi) is 3.44. The van der Waals surface area contributed by atoms with Gasteiger partial charge >= 0.3 is 0 Å². The van der Waals surface area contributed by atoms with Crippen LogP contribution in [0.25, 0.3) is 0 Å². The minimum Gasteiger partial charge on any atom is -0.258 e. The smallest absolute Gasteiger partial charge is 0.0447 e. The molecule has 0 aliphatic heterocycles. The number of hydrogen-bond acceptors (Lipinski definition) is 1. The number of nitrogens with zero attached hydrogens (tertiary/aromatic N) is 1. The summed E-state index contributed by atoms with van der Waals surface area (Å²) in [5, 5.41) is 0. The van der Waals surface area contributed by atoms with Crippen LogP contribution in [0.15, 0.2) is 47.1 Å². The molecule has 13 heavy (non-hydrogen) atoms. The van der Waals surface area contributed by atoms with E-state index in [-0.39, 0.29) is 0 Å². The third-order valence-electron chi connectivity index (χ3n) is 1.95. The van der Waals surface area contributed by atoms with Crippen LogP contribution in [-0.2, 0) is 0 Å². The molecule has 0 aromatic heterocycles. The highest BCUT2D eigenvalue weighted by molar-refractivity contribution is 5.99. The summed E-state index contributed by atoms with van der Waals surface area (Å²) in [5.41, 5.74) is 3.31. The number of rotatable bonds is 2. The highest BCUT2D eigenvalue weighted by Crippen LogP contribution is 2.04. The molecule has 0 radical (unpaired) electrons. The fraction of sp³-hybridized carbons (Fsp3) is 0.250. The highest BCUT2D eigenvalue weighted by Gasteiger charge is 1.94. The van der Waals surface area contributed by atoms with E-state index in [0.717, 1.165) is 11.4 Å². The Morgan fingerprint density at radius 1 is 1.15 bits per heavy atom. The van der Waals surface area contributed by atoms with Crippen LogP contribution in [0.2, 0.25) is 0 Å². The summed E-state index contributed by atoms with van der Waals surface area (Å²) in [5.74, 6) is 0. The van der Waals surface area contributed by atoms with Crippen LogP contribution >= 0.6 is 0 Å². The van der Waals surface area contributed by atoms with Crippen molar-refractivity contribution in [3.8, 4) is 0 Å². The Balaban J connectivity index is 2.92. The average molecular weight is 173 g/mol. The Bertz CT molecular complexity index is 320. The summed E-state index contributed by atoms with van der Waals surface area (Å²) in [7, 11) is 0. The molecule has 0 saturated heterocycles. The van der Waals surface area contributed by atoms with E-state index in [9.17, 15) is 0 Å². The summed E-state index contributed by atoms with van der Waals surface area (Å²) in [6.45, 7) is 6.03. The zero-order valence-electron chi connectivity index (χ0n) is 8.41. The second kappa shape index (κ2) is 4.61. The van der Waals surface area contributed by atoms with Gasteiger partial charge in [0.1, 0.15) is 0 Å². The first-order valence-electron chi connectivity index (χ1n) is 4.47. The highest BCUT2D eigenvalue weighted by atomic mass is 14.7. The molecular weight excluding hydrogens is 158 g/mol. The lowest BCUT2D eigenvalue weighted by atomic mass is 10.1. The molecule has 0 aliphatic rings. The first-order chi connectivity index (χ1) is 6.24. The number of benzene rings is 1. The van der Waals surface area contributed by atoms with E-state index >= 15 is 0 Å². The fourth-order valence-corrected chi connectivity index (χ4v) is 1.07. The summed E-state index contributed by atoms with van der Waals surface area (Å²) in [6, 6.07) is 10.2. The zero-order chi connectivity index (χ0) is 9.68. The minimum atomic E-state index is 1.06. The van der Waals surface area contributed by atoms with Gasteiger partial charge in [-0.25, -0.2) is 0 Å². The molecule has 0 unspecified atom stereocenters. The molecule has 0 N–H and O–H groups in total. The summed E-state index contributed by atoms with van der Waals surface area (Å²) in [4.78, 5) is 4.44. The topological polar surface area (TPSA) is 12.4 Å². The van der Waals surface area contributed by atoms with Crippen molar-refractivity contribution in [3.63, 3.8) is 0 Å². The normalized spacial score (nSPS) is 13.2. The average Bonchev–Trinajstić information content (AvgIpc) is 2.19. The van der Waals surface area contributed by atoms with E-state index in [1.165, 1.54) is 5.56 Å². The van der Waals surface area contributed by atoms with E-state index in [1.807, 2.05) is 45.0 Å². The summed E-state index contributed by atoms with van der Waals surface area (Å²) in [6.07, 6.45) is 2.01. The second-order valence-corrected chi connectivity index (χ2v) is 2.99. The van der Waals surface area contributed by atoms with Gasteiger partial charge in [0.15, 0.2) is 0 Å². The molecular formula is C12H15N. The standard InChI is InChI=1S/C12H15N/c1-4-10(2)13-11(3)12-8-6-5-7-9-12/h4-9H,1-3H3/b10-4-,13-11?. The van der Waals surface area contributed by atoms with E-state index in [4.69, 9.17) is 0 Å². The van der Waals surface area contributed by atoms with Crippen LogP contribution in [0, 0.1) is 0 Å². The largest absolute Gasteiger partial charge is 0.258 e. The maximum atomic E-state index is 4.44. The molecule has 0 amide bonds. The van der Waals surface area contributed by atoms with Crippen LogP contribution in [0.5, 0.6) is 0 Å². The Hall–Kier alpha value is -1.37. The lowest BCUT2D eigenvalue weighted by molar-refractivity contribution is 1.27. The van der Waals surface area contributed by atoms with Gasteiger partial charge in [0.25, 0.3) is 0 Å². The molecule has 1 rings (SSSR count). The molecule has 0 aliphatic carbocycles. The van der Waals surface area contributed by atoms with Crippen LogP contribution in [0.3, 0.4) is 0 Å². The molecule has 1 heteroatoms. The monoisotopic (exact) mass is 173 g/mol. The lowest BCUT2D eigenvalue weighted by Crippen LogP contribution is -1.93. The van der Waals surface area contributed by atoms with E-state index in [2.05, 4.69) is 17.1 Å². The first kappa shape index (κ1) is 9.72. The number of allylic oxidation sites excluding steroid dienone is 2. The van der Waals surface area contributed by atoms with Gasteiger partial charge in [-0.1, -0.05) is 36.4 Å². The van der Waals surface area contributed by atoms with Gasteiger partial charge in [0, 0.05) is 11.4 Å². The molecule has 1 nitrogen and oxygen atoms in total. The first-order valence-corrected chi connectivity index (χ1v) is 4.47. The molecule has 0 atom stereocenters. The molecule has 0 spiro atoms. The van der Waals surface area contributed by atoms with Crippen molar-refractivity contribution < 1.29 is 0 Å². The molecule has 0 saturated carbocycles. The summed E-state index contributed by atoms with van der Waals surface area (Å²) < 4.78 is 0. The lowest BCUT2D eigenvalue weighted by Gasteiger charge is -1.99. The van der Waals surface area contributed by atoms with Gasteiger partial charge in [-0.2, -0.15) is 0 Å². The SMILES string of the molecule is C/C=C(/C)N=C(C)c1ccccc1. The van der Waals surface area contributed by atoms with Crippen molar-refractivity contribution in [2.24, 2.45) is 4.99 Å². The molecule has 0 bridgehead atoms. The van der Waals surface area contributed by atoms with Gasteiger partial charge in [-0.15, -0.1) is 0 Å². The molecule has 0 fully saturated rings. The molecule has 1 aromatic carbocycles. The van der Waals surface area contributed by atoms with Crippen molar-refractivity contribution in [2.45, 2.75) is 20.8 Å². The van der Waals surface area contributed by atoms with Gasteiger partial charge in [0.2, 0.25) is 0 Å². The fourth-order valence-electron chi connectivity index (χ4n) is 1.07. The van der Waals surface area contributed by atoms with E-state index in [0.29, 0.717) is 0 Å². The Morgan fingerprint density at radius 3 is 2.31 bits per heavy atom. The van der Waals surface area contributed by atoms with Crippen LogP contribution < -0.4 is 0 Å². The van der Waals surface area contributed by atoms with Crippen molar-refractivity contribution in [2.75, 3.05) is 0 Å². The Morgan fingerprint density at radius 2 is 1.77 bits per heavy atom. The van der Waals surface area contributed by atoms with Gasteiger partial charge < -0.3 is 0 Å².